The Balaban J connectivity index is 2.57. The predicted octanol–water partition coefficient (Wildman–Crippen LogP) is 1.04. The van der Waals surface area contributed by atoms with E-state index in [4.69, 9.17) is 0 Å². The lowest BCUT2D eigenvalue weighted by molar-refractivity contribution is -0.129. The van der Waals surface area contributed by atoms with Gasteiger partial charge >= 0.3 is 0 Å². The molecule has 1 heterocycles. The van der Waals surface area contributed by atoms with Gasteiger partial charge < -0.3 is 4.90 Å². The number of likely N-dealkylation sites (tertiary alicyclic amines) is 1. The first-order valence-corrected chi connectivity index (χ1v) is 3.71. The third-order valence-electron chi connectivity index (χ3n) is 2.01. The third kappa shape index (κ3) is 1.06. The molecule has 0 bridgehead atoms. The molecule has 10 heavy (non-hydrogen) atoms. The van der Waals surface area contributed by atoms with Crippen LogP contribution in [0, 0.1) is 5.92 Å². The minimum atomic E-state index is 0.0972. The molecule has 0 aromatic rings. The Labute approximate surface area is 61.5 Å². The highest BCUT2D eigenvalue weighted by Crippen LogP contribution is 2.17. The van der Waals surface area contributed by atoms with Crippen LogP contribution in [0.15, 0.2) is 12.7 Å². The first-order valence-electron chi connectivity index (χ1n) is 3.71. The summed E-state index contributed by atoms with van der Waals surface area (Å²) in [6, 6.07) is 0. The Morgan fingerprint density at radius 1 is 1.90 bits per heavy atom. The molecule has 0 N–H and O–H groups in total. The smallest absolute Gasteiger partial charge is 0.229 e. The van der Waals surface area contributed by atoms with Gasteiger partial charge in [-0.1, -0.05) is 6.08 Å². The van der Waals surface area contributed by atoms with E-state index >= 15 is 0 Å². The van der Waals surface area contributed by atoms with Crippen molar-refractivity contribution in [3.05, 3.63) is 12.7 Å². The van der Waals surface area contributed by atoms with Crippen molar-refractivity contribution in [1.29, 1.82) is 0 Å². The standard InChI is InChI=1S/C8H13NO/c1-3-7-5-6-9(4-2)8(7)10/h3,7H,1,4-6H2,2H3. The predicted molar refractivity (Wildman–Crippen MR) is 40.6 cm³/mol. The molecule has 0 spiro atoms. The van der Waals surface area contributed by atoms with E-state index < -0.39 is 0 Å². The maximum Gasteiger partial charge on any atom is 0.229 e. The van der Waals surface area contributed by atoms with E-state index in [-0.39, 0.29) is 11.8 Å². The van der Waals surface area contributed by atoms with Crippen molar-refractivity contribution in [2.45, 2.75) is 13.3 Å². The van der Waals surface area contributed by atoms with Crippen LogP contribution in [0.3, 0.4) is 0 Å². The second-order valence-electron chi connectivity index (χ2n) is 2.55. The monoisotopic (exact) mass is 139 g/mol. The van der Waals surface area contributed by atoms with E-state index in [0.717, 1.165) is 19.5 Å². The van der Waals surface area contributed by atoms with Crippen molar-refractivity contribution in [2.75, 3.05) is 13.1 Å². The molecule has 0 saturated carbocycles. The third-order valence-corrected chi connectivity index (χ3v) is 2.01. The average Bonchev–Trinajstić information content (AvgIpc) is 2.30. The number of amides is 1. The Bertz CT molecular complexity index is 153. The molecule has 56 valence electrons. The van der Waals surface area contributed by atoms with Crippen LogP contribution < -0.4 is 0 Å². The summed E-state index contributed by atoms with van der Waals surface area (Å²) in [5, 5.41) is 0. The van der Waals surface area contributed by atoms with Gasteiger partial charge in [0.15, 0.2) is 0 Å². The molecule has 1 unspecified atom stereocenters. The molecule has 1 aliphatic rings. The summed E-state index contributed by atoms with van der Waals surface area (Å²) in [6.45, 7) is 7.36. The minimum absolute atomic E-state index is 0.0972. The molecule has 2 heteroatoms. The van der Waals surface area contributed by atoms with Crippen LogP contribution in [0.2, 0.25) is 0 Å². The van der Waals surface area contributed by atoms with E-state index in [2.05, 4.69) is 6.58 Å². The Hall–Kier alpha value is -0.790. The van der Waals surface area contributed by atoms with Crippen molar-refractivity contribution in [2.24, 2.45) is 5.92 Å². The molecule has 2 nitrogen and oxygen atoms in total. The van der Waals surface area contributed by atoms with Gasteiger partial charge in [0, 0.05) is 13.1 Å². The van der Waals surface area contributed by atoms with E-state index in [1.54, 1.807) is 6.08 Å². The summed E-state index contributed by atoms with van der Waals surface area (Å²) in [5.41, 5.74) is 0. The zero-order chi connectivity index (χ0) is 7.56. The fourth-order valence-electron chi connectivity index (χ4n) is 1.30. The van der Waals surface area contributed by atoms with Crippen molar-refractivity contribution in [1.82, 2.24) is 4.90 Å². The van der Waals surface area contributed by atoms with Gasteiger partial charge in [-0.2, -0.15) is 0 Å². The number of carbonyl (C=O) groups excluding carboxylic acids is 1. The van der Waals surface area contributed by atoms with Gasteiger partial charge in [0.05, 0.1) is 5.92 Å². The molecule has 1 atom stereocenters. The average molecular weight is 139 g/mol. The highest BCUT2D eigenvalue weighted by atomic mass is 16.2. The quantitative estimate of drug-likeness (QED) is 0.523. The van der Waals surface area contributed by atoms with E-state index in [0.29, 0.717) is 0 Å². The van der Waals surface area contributed by atoms with Crippen LogP contribution in [0.25, 0.3) is 0 Å². The number of carbonyl (C=O) groups is 1. The molecule has 0 aliphatic carbocycles. The summed E-state index contributed by atoms with van der Waals surface area (Å²) >= 11 is 0. The Morgan fingerprint density at radius 3 is 2.90 bits per heavy atom. The summed E-state index contributed by atoms with van der Waals surface area (Å²) in [5.74, 6) is 0.345. The highest BCUT2D eigenvalue weighted by molar-refractivity contribution is 5.82. The maximum absolute atomic E-state index is 11.2. The summed E-state index contributed by atoms with van der Waals surface area (Å²) in [4.78, 5) is 13.1. The second-order valence-corrected chi connectivity index (χ2v) is 2.55. The Morgan fingerprint density at radius 2 is 2.60 bits per heavy atom. The van der Waals surface area contributed by atoms with Crippen molar-refractivity contribution in [3.8, 4) is 0 Å². The van der Waals surface area contributed by atoms with Gasteiger partial charge in [-0.15, -0.1) is 6.58 Å². The second kappa shape index (κ2) is 2.86. The van der Waals surface area contributed by atoms with E-state index in [1.165, 1.54) is 0 Å². The van der Waals surface area contributed by atoms with Gasteiger partial charge in [-0.25, -0.2) is 0 Å². The van der Waals surface area contributed by atoms with Crippen LogP contribution in [0.5, 0.6) is 0 Å². The van der Waals surface area contributed by atoms with Crippen LogP contribution >= 0.6 is 0 Å². The number of hydrogen-bond donors (Lipinski definition) is 0. The molecular formula is C8H13NO. The first kappa shape index (κ1) is 7.32. The van der Waals surface area contributed by atoms with E-state index in [1.807, 2.05) is 11.8 Å². The largest absolute Gasteiger partial charge is 0.342 e. The molecule has 1 saturated heterocycles. The SMILES string of the molecule is C=CC1CCN(CC)C1=O. The topological polar surface area (TPSA) is 20.3 Å². The highest BCUT2D eigenvalue weighted by Gasteiger charge is 2.27. The van der Waals surface area contributed by atoms with Gasteiger partial charge in [0.1, 0.15) is 0 Å². The molecule has 1 amide bonds. The lowest BCUT2D eigenvalue weighted by Gasteiger charge is -2.11. The normalized spacial score (nSPS) is 25.5. The maximum atomic E-state index is 11.2. The van der Waals surface area contributed by atoms with Gasteiger partial charge in [0.25, 0.3) is 0 Å². The fourth-order valence-corrected chi connectivity index (χ4v) is 1.30. The molecule has 0 aromatic carbocycles. The summed E-state index contributed by atoms with van der Waals surface area (Å²) in [7, 11) is 0. The summed E-state index contributed by atoms with van der Waals surface area (Å²) in [6.07, 6.45) is 2.70. The zero-order valence-electron chi connectivity index (χ0n) is 6.34. The molecule has 0 aromatic heterocycles. The van der Waals surface area contributed by atoms with E-state index in [9.17, 15) is 4.79 Å². The van der Waals surface area contributed by atoms with Gasteiger partial charge in [0.2, 0.25) is 5.91 Å². The van der Waals surface area contributed by atoms with Gasteiger partial charge in [-0.3, -0.25) is 4.79 Å². The minimum Gasteiger partial charge on any atom is -0.342 e. The molecule has 1 rings (SSSR count). The lowest BCUT2D eigenvalue weighted by atomic mass is 10.1. The number of hydrogen-bond acceptors (Lipinski definition) is 1. The molecule has 1 fully saturated rings. The molecular weight excluding hydrogens is 126 g/mol. The number of nitrogens with zero attached hydrogens (tertiary/aromatic N) is 1. The van der Waals surface area contributed by atoms with Crippen molar-refractivity contribution >= 4 is 5.91 Å². The van der Waals surface area contributed by atoms with Crippen LogP contribution in [-0.4, -0.2) is 23.9 Å². The molecule has 1 aliphatic heterocycles. The Kier molecular flexibility index (Phi) is 2.10. The summed E-state index contributed by atoms with van der Waals surface area (Å²) < 4.78 is 0. The first-order chi connectivity index (χ1) is 4.79. The van der Waals surface area contributed by atoms with Crippen molar-refractivity contribution in [3.63, 3.8) is 0 Å². The molecule has 0 radical (unpaired) electrons. The van der Waals surface area contributed by atoms with Crippen LogP contribution in [0.4, 0.5) is 0 Å². The van der Waals surface area contributed by atoms with Crippen molar-refractivity contribution < 1.29 is 4.79 Å². The van der Waals surface area contributed by atoms with Crippen LogP contribution in [0.1, 0.15) is 13.3 Å². The van der Waals surface area contributed by atoms with Gasteiger partial charge in [-0.05, 0) is 13.3 Å². The number of rotatable bonds is 2. The lowest BCUT2D eigenvalue weighted by Crippen LogP contribution is -2.26. The zero-order valence-corrected chi connectivity index (χ0v) is 6.34. The fraction of sp³-hybridized carbons (Fsp3) is 0.625. The van der Waals surface area contributed by atoms with Crippen LogP contribution in [-0.2, 0) is 4.79 Å².